The molecular weight excluding hydrogens is 265 g/mol. The fourth-order valence-electron chi connectivity index (χ4n) is 1.18. The van der Waals surface area contributed by atoms with E-state index in [1.807, 2.05) is 32.0 Å². The standard InChI is InChI=1S/C11H15NO3S.K/c1-9-3-4-11(7-10(9)2)8-12-5-6-16(13,14)15;/h3-4,7-8H,5-6H2,1-2H3,(H,13,14,15);/q;+1/p-1. The summed E-state index contributed by atoms with van der Waals surface area (Å²) < 4.78 is 30.9. The summed E-state index contributed by atoms with van der Waals surface area (Å²) in [6, 6.07) is 5.84. The first-order valence-corrected chi connectivity index (χ1v) is 6.47. The normalized spacial score (nSPS) is 11.5. The first kappa shape index (κ1) is 17.4. The number of rotatable bonds is 4. The summed E-state index contributed by atoms with van der Waals surface area (Å²) in [6.07, 6.45) is 1.58. The van der Waals surface area contributed by atoms with Gasteiger partial charge in [0.1, 0.15) is 0 Å². The number of aliphatic imine (C=N–C) groups is 1. The van der Waals surface area contributed by atoms with E-state index < -0.39 is 15.9 Å². The summed E-state index contributed by atoms with van der Waals surface area (Å²) in [5.74, 6) is -0.450. The molecule has 6 heteroatoms. The van der Waals surface area contributed by atoms with Crippen LogP contribution in [0.4, 0.5) is 0 Å². The topological polar surface area (TPSA) is 69.6 Å². The predicted octanol–water partition coefficient (Wildman–Crippen LogP) is -1.73. The molecule has 0 aliphatic carbocycles. The van der Waals surface area contributed by atoms with Crippen molar-refractivity contribution in [2.45, 2.75) is 13.8 Å². The minimum atomic E-state index is -4.16. The van der Waals surface area contributed by atoms with Gasteiger partial charge in [-0.25, -0.2) is 8.42 Å². The van der Waals surface area contributed by atoms with Crippen LogP contribution in [-0.2, 0) is 10.1 Å². The molecule has 0 unspecified atom stereocenters. The predicted molar refractivity (Wildman–Crippen MR) is 62.9 cm³/mol. The third-order valence-electron chi connectivity index (χ3n) is 2.24. The third-order valence-corrected chi connectivity index (χ3v) is 2.92. The second-order valence-electron chi connectivity index (χ2n) is 3.64. The molecule has 88 valence electrons. The van der Waals surface area contributed by atoms with Crippen molar-refractivity contribution in [3.8, 4) is 0 Å². The van der Waals surface area contributed by atoms with E-state index in [0.29, 0.717) is 0 Å². The van der Waals surface area contributed by atoms with Gasteiger partial charge >= 0.3 is 51.4 Å². The Bertz CT molecular complexity index is 497. The quantitative estimate of drug-likeness (QED) is 0.374. The van der Waals surface area contributed by atoms with Crippen molar-refractivity contribution >= 4 is 16.3 Å². The molecule has 0 radical (unpaired) electrons. The molecular formula is C11H14KNO3S. The summed E-state index contributed by atoms with van der Waals surface area (Å²) in [6.45, 7) is 4.02. The molecule has 0 atom stereocenters. The fraction of sp³-hybridized carbons (Fsp3) is 0.364. The van der Waals surface area contributed by atoms with E-state index in [2.05, 4.69) is 4.99 Å². The van der Waals surface area contributed by atoms with E-state index in [4.69, 9.17) is 0 Å². The summed E-state index contributed by atoms with van der Waals surface area (Å²) >= 11 is 0. The summed E-state index contributed by atoms with van der Waals surface area (Å²) in [7, 11) is -4.16. The molecule has 4 nitrogen and oxygen atoms in total. The maximum atomic E-state index is 10.3. The number of nitrogens with zero attached hydrogens (tertiary/aromatic N) is 1. The molecule has 0 aromatic heterocycles. The van der Waals surface area contributed by atoms with Crippen LogP contribution in [0.2, 0.25) is 0 Å². The van der Waals surface area contributed by atoms with Gasteiger partial charge in [-0.05, 0) is 30.5 Å². The Morgan fingerprint density at radius 2 is 1.94 bits per heavy atom. The van der Waals surface area contributed by atoms with Crippen molar-refractivity contribution in [2.75, 3.05) is 12.3 Å². The number of aryl methyl sites for hydroxylation is 2. The Balaban J connectivity index is 0.00000256. The largest absolute Gasteiger partial charge is 1.00 e. The second-order valence-corrected chi connectivity index (χ2v) is 5.16. The van der Waals surface area contributed by atoms with Crippen LogP contribution in [0.25, 0.3) is 0 Å². The van der Waals surface area contributed by atoms with E-state index in [1.54, 1.807) is 6.21 Å². The van der Waals surface area contributed by atoms with Crippen molar-refractivity contribution in [1.29, 1.82) is 0 Å². The van der Waals surface area contributed by atoms with Gasteiger partial charge in [0.15, 0.2) is 0 Å². The van der Waals surface area contributed by atoms with Gasteiger partial charge in [0, 0.05) is 6.21 Å². The van der Waals surface area contributed by atoms with Crippen LogP contribution < -0.4 is 51.4 Å². The molecule has 0 N–H and O–H groups in total. The molecule has 1 rings (SSSR count). The van der Waals surface area contributed by atoms with Crippen LogP contribution in [0.15, 0.2) is 23.2 Å². The smallest absolute Gasteiger partial charge is 0.748 e. The van der Waals surface area contributed by atoms with Gasteiger partial charge in [-0.3, -0.25) is 4.99 Å². The maximum absolute atomic E-state index is 10.3. The Morgan fingerprint density at radius 1 is 1.29 bits per heavy atom. The van der Waals surface area contributed by atoms with Crippen molar-refractivity contribution in [2.24, 2.45) is 4.99 Å². The molecule has 0 saturated carbocycles. The SMILES string of the molecule is Cc1ccc(C=NCCS(=O)(=O)[O-])cc1C.[K+]. The van der Waals surface area contributed by atoms with Crippen molar-refractivity contribution < 1.29 is 64.4 Å². The molecule has 0 aliphatic rings. The van der Waals surface area contributed by atoms with E-state index in [0.717, 1.165) is 11.1 Å². The van der Waals surface area contributed by atoms with E-state index in [-0.39, 0.29) is 57.9 Å². The Kier molecular flexibility index (Phi) is 7.98. The van der Waals surface area contributed by atoms with Crippen LogP contribution in [0, 0.1) is 13.8 Å². The van der Waals surface area contributed by atoms with E-state index in [9.17, 15) is 13.0 Å². The Labute approximate surface area is 145 Å². The molecule has 0 heterocycles. The van der Waals surface area contributed by atoms with E-state index in [1.165, 1.54) is 5.56 Å². The zero-order valence-corrected chi connectivity index (χ0v) is 14.2. The molecule has 0 aliphatic heterocycles. The van der Waals surface area contributed by atoms with Gasteiger partial charge in [0.25, 0.3) is 0 Å². The monoisotopic (exact) mass is 279 g/mol. The minimum absolute atomic E-state index is 0. The van der Waals surface area contributed by atoms with Crippen LogP contribution >= 0.6 is 0 Å². The van der Waals surface area contributed by atoms with Crippen LogP contribution in [0.3, 0.4) is 0 Å². The Hall–Kier alpha value is 0.436. The van der Waals surface area contributed by atoms with Crippen molar-refractivity contribution in [3.05, 3.63) is 34.9 Å². The Morgan fingerprint density at radius 3 is 2.47 bits per heavy atom. The van der Waals surface area contributed by atoms with Gasteiger partial charge < -0.3 is 4.55 Å². The second kappa shape index (κ2) is 7.78. The van der Waals surface area contributed by atoms with Gasteiger partial charge in [-0.2, -0.15) is 0 Å². The molecule has 0 amide bonds. The van der Waals surface area contributed by atoms with E-state index >= 15 is 0 Å². The van der Waals surface area contributed by atoms with Gasteiger partial charge in [0.05, 0.1) is 22.4 Å². The minimum Gasteiger partial charge on any atom is -0.748 e. The summed E-state index contributed by atoms with van der Waals surface area (Å²) in [5, 5.41) is 0. The maximum Gasteiger partial charge on any atom is 1.00 e. The molecule has 0 spiro atoms. The molecule has 0 saturated heterocycles. The summed E-state index contributed by atoms with van der Waals surface area (Å²) in [5.41, 5.74) is 3.26. The number of hydrogen-bond acceptors (Lipinski definition) is 4. The van der Waals surface area contributed by atoms with Crippen LogP contribution in [-0.4, -0.2) is 31.5 Å². The van der Waals surface area contributed by atoms with Gasteiger partial charge in [-0.15, -0.1) is 0 Å². The average Bonchev–Trinajstić information content (AvgIpc) is 2.17. The first-order chi connectivity index (χ1) is 7.38. The van der Waals surface area contributed by atoms with Gasteiger partial charge in [0.2, 0.25) is 0 Å². The summed E-state index contributed by atoms with van der Waals surface area (Å²) in [4.78, 5) is 3.89. The molecule has 1 aromatic rings. The van der Waals surface area contributed by atoms with Crippen LogP contribution in [0.1, 0.15) is 16.7 Å². The molecule has 1 aromatic carbocycles. The number of benzene rings is 1. The zero-order chi connectivity index (χ0) is 12.2. The van der Waals surface area contributed by atoms with Crippen molar-refractivity contribution in [3.63, 3.8) is 0 Å². The fourth-order valence-corrected chi connectivity index (χ4v) is 1.51. The number of hydrogen-bond donors (Lipinski definition) is 0. The zero-order valence-electron chi connectivity index (χ0n) is 10.3. The van der Waals surface area contributed by atoms with Crippen molar-refractivity contribution in [1.82, 2.24) is 0 Å². The molecule has 0 bridgehead atoms. The molecule has 0 fully saturated rings. The molecule has 17 heavy (non-hydrogen) atoms. The van der Waals surface area contributed by atoms with Crippen LogP contribution in [0.5, 0.6) is 0 Å². The van der Waals surface area contributed by atoms with Gasteiger partial charge in [-0.1, -0.05) is 18.2 Å². The average molecular weight is 279 g/mol. The first-order valence-electron chi connectivity index (χ1n) is 4.89. The third kappa shape index (κ3) is 7.45.